The van der Waals surface area contributed by atoms with Gasteiger partial charge in [0.15, 0.2) is 0 Å². The molecule has 0 radical (unpaired) electrons. The summed E-state index contributed by atoms with van der Waals surface area (Å²) in [5, 5.41) is 3.84. The molecule has 0 aliphatic rings. The fraction of sp³-hybridized carbons (Fsp3) is 0.455. The van der Waals surface area contributed by atoms with Crippen LogP contribution in [0.4, 0.5) is 0 Å². The van der Waals surface area contributed by atoms with E-state index in [2.05, 4.69) is 115 Å². The van der Waals surface area contributed by atoms with E-state index >= 15 is 0 Å². The van der Waals surface area contributed by atoms with E-state index in [0.717, 1.165) is 0 Å². The van der Waals surface area contributed by atoms with E-state index in [0.29, 0.717) is 10.1 Å². The highest BCUT2D eigenvalue weighted by atomic mass is 29.3. The second-order valence-corrected chi connectivity index (χ2v) is 24.1. The van der Waals surface area contributed by atoms with Gasteiger partial charge in [-0.3, -0.25) is 0 Å². The van der Waals surface area contributed by atoms with Crippen molar-refractivity contribution in [2.24, 2.45) is 0 Å². The molecule has 0 bridgehead atoms. The lowest BCUT2D eigenvalue weighted by Gasteiger charge is -2.58. The first-order valence-corrected chi connectivity index (χ1v) is 15.1. The third-order valence-corrected chi connectivity index (χ3v) is 29.9. The molecule has 0 saturated heterocycles. The number of rotatable bonds is 3. The Labute approximate surface area is 151 Å². The van der Waals surface area contributed by atoms with Crippen molar-refractivity contribution in [2.75, 3.05) is 0 Å². The highest BCUT2D eigenvalue weighted by molar-refractivity contribution is 7.52. The Bertz CT molecular complexity index is 603. The molecule has 2 aromatic carbocycles. The van der Waals surface area contributed by atoms with Crippen molar-refractivity contribution in [3.63, 3.8) is 0 Å². The van der Waals surface area contributed by atoms with Gasteiger partial charge in [0.25, 0.3) is 0 Å². The Hall–Kier alpha value is -1.13. The predicted octanol–water partition coefficient (Wildman–Crippen LogP) is 5.64. The molecule has 130 valence electrons. The van der Waals surface area contributed by atoms with Gasteiger partial charge < -0.3 is 0 Å². The van der Waals surface area contributed by atoms with Gasteiger partial charge in [0.05, 0.1) is 15.2 Å². The van der Waals surface area contributed by atoms with Crippen LogP contribution in [0.1, 0.15) is 41.5 Å². The summed E-state index contributed by atoms with van der Waals surface area (Å²) in [6.07, 6.45) is 0. The van der Waals surface area contributed by atoms with Crippen LogP contribution in [0.2, 0.25) is 23.2 Å². The first-order chi connectivity index (χ1) is 11.0. The highest BCUT2D eigenvalue weighted by Crippen LogP contribution is 2.50. The molecule has 0 aliphatic carbocycles. The van der Waals surface area contributed by atoms with Crippen molar-refractivity contribution in [3.8, 4) is 0 Å². The van der Waals surface area contributed by atoms with Crippen LogP contribution >= 0.6 is 0 Å². The lowest BCUT2D eigenvalue weighted by molar-refractivity contribution is 0.709. The third-order valence-electron chi connectivity index (χ3n) is 6.70. The van der Waals surface area contributed by atoms with E-state index in [1.807, 2.05) is 0 Å². The molecule has 0 spiro atoms. The molecule has 24 heavy (non-hydrogen) atoms. The van der Waals surface area contributed by atoms with Gasteiger partial charge in [0.2, 0.25) is 0 Å². The first-order valence-electron chi connectivity index (χ1n) is 9.07. The molecule has 0 aliphatic heterocycles. The first kappa shape index (κ1) is 19.2. The molecule has 0 nitrogen and oxygen atoms in total. The van der Waals surface area contributed by atoms with Gasteiger partial charge in [-0.05, 0) is 10.1 Å². The molecule has 0 N–H and O–H groups in total. The minimum absolute atomic E-state index is 0.304. The van der Waals surface area contributed by atoms with Crippen LogP contribution in [0.15, 0.2) is 60.7 Å². The maximum atomic E-state index is 2.66. The Morgan fingerprint density at radius 3 is 0.958 bits per heavy atom. The molecule has 0 saturated carbocycles. The van der Waals surface area contributed by atoms with E-state index in [9.17, 15) is 0 Å². The van der Waals surface area contributed by atoms with E-state index in [1.165, 1.54) is 0 Å². The second kappa shape index (κ2) is 6.31. The summed E-state index contributed by atoms with van der Waals surface area (Å²) >= 11 is 0. The zero-order valence-corrected chi connectivity index (χ0v) is 18.8. The van der Waals surface area contributed by atoms with Crippen molar-refractivity contribution >= 4 is 25.6 Å². The highest BCUT2D eigenvalue weighted by Gasteiger charge is 2.61. The molecular formula is C22H34Si2. The third kappa shape index (κ3) is 2.84. The minimum Gasteiger partial charge on any atom is -0.0665 e. The van der Waals surface area contributed by atoms with Crippen molar-refractivity contribution in [2.45, 2.75) is 64.7 Å². The quantitative estimate of drug-likeness (QED) is 0.626. The number of hydrogen-bond donors (Lipinski definition) is 0. The molecule has 2 atom stereocenters. The maximum absolute atomic E-state index is 2.66. The lowest BCUT2D eigenvalue weighted by Crippen LogP contribution is -2.79. The van der Waals surface area contributed by atoms with E-state index < -0.39 is 15.2 Å². The largest absolute Gasteiger partial charge is 0.0880 e. The average molecular weight is 355 g/mol. The lowest BCUT2D eigenvalue weighted by atomic mass is 10.2. The van der Waals surface area contributed by atoms with E-state index in [-0.39, 0.29) is 0 Å². The van der Waals surface area contributed by atoms with Crippen LogP contribution in [0, 0.1) is 0 Å². The Morgan fingerprint density at radius 1 is 0.500 bits per heavy atom. The summed E-state index contributed by atoms with van der Waals surface area (Å²) in [4.78, 5) is 0. The topological polar surface area (TPSA) is 0 Å². The summed E-state index contributed by atoms with van der Waals surface area (Å²) in [6, 6.07) is 22.8. The van der Waals surface area contributed by atoms with Crippen LogP contribution in [0.5, 0.6) is 0 Å². The van der Waals surface area contributed by atoms with Crippen molar-refractivity contribution in [1.82, 2.24) is 0 Å². The zero-order valence-electron chi connectivity index (χ0n) is 16.8. The second-order valence-electron chi connectivity index (χ2n) is 9.48. The molecule has 0 fully saturated rings. The molecule has 0 aromatic heterocycles. The predicted molar refractivity (Wildman–Crippen MR) is 115 cm³/mol. The molecule has 2 unspecified atom stereocenters. The molecule has 0 heterocycles. The molecule has 2 heteroatoms. The maximum Gasteiger partial charge on any atom is 0.0880 e. The standard InChI is InChI=1S/C22H34Si2/c1-21(2,3)23(7,19-15-11-9-12-16-19)24(8,22(4,5)6)20-17-13-10-14-18-20/h9-18H,1-8H3. The van der Waals surface area contributed by atoms with Crippen LogP contribution < -0.4 is 10.4 Å². The Kier molecular flexibility index (Phi) is 5.05. The van der Waals surface area contributed by atoms with Gasteiger partial charge in [-0.15, -0.1) is 0 Å². The molecule has 0 amide bonds. The summed E-state index contributed by atoms with van der Waals surface area (Å²) in [5.41, 5.74) is 0. The zero-order chi connectivity index (χ0) is 18.2. The smallest absolute Gasteiger partial charge is 0.0665 e. The summed E-state index contributed by atoms with van der Waals surface area (Å²) in [6.45, 7) is 20.2. The summed E-state index contributed by atoms with van der Waals surface area (Å²) in [7, 11) is -3.64. The number of benzene rings is 2. The van der Waals surface area contributed by atoms with Gasteiger partial charge in [-0.25, -0.2) is 0 Å². The van der Waals surface area contributed by atoms with Crippen LogP contribution in [0.3, 0.4) is 0 Å². The Balaban J connectivity index is 2.88. The normalized spacial score (nSPS) is 17.8. The van der Waals surface area contributed by atoms with Gasteiger partial charge in [-0.2, -0.15) is 0 Å². The van der Waals surface area contributed by atoms with Crippen molar-refractivity contribution < 1.29 is 0 Å². The SMILES string of the molecule is CC(C)(C)[Si](C)(c1ccccc1)[Si](C)(c1ccccc1)C(C)(C)C. The van der Waals surface area contributed by atoms with Gasteiger partial charge in [0, 0.05) is 0 Å². The van der Waals surface area contributed by atoms with E-state index in [1.54, 1.807) is 10.4 Å². The van der Waals surface area contributed by atoms with Crippen molar-refractivity contribution in [1.29, 1.82) is 0 Å². The monoisotopic (exact) mass is 354 g/mol. The van der Waals surface area contributed by atoms with Gasteiger partial charge in [0.1, 0.15) is 0 Å². The Morgan fingerprint density at radius 2 is 0.750 bits per heavy atom. The fourth-order valence-corrected chi connectivity index (χ4v) is 25.6. The molecule has 2 rings (SSSR count). The average Bonchev–Trinajstić information content (AvgIpc) is 2.52. The van der Waals surface area contributed by atoms with Crippen LogP contribution in [0.25, 0.3) is 0 Å². The van der Waals surface area contributed by atoms with E-state index in [4.69, 9.17) is 0 Å². The molecular weight excluding hydrogens is 320 g/mol. The molecule has 2 aromatic rings. The van der Waals surface area contributed by atoms with Crippen molar-refractivity contribution in [3.05, 3.63) is 60.7 Å². The summed E-state index contributed by atoms with van der Waals surface area (Å²) in [5.74, 6) is 0. The number of hydrogen-bond acceptors (Lipinski definition) is 0. The minimum atomic E-state index is -1.82. The van der Waals surface area contributed by atoms with Gasteiger partial charge in [-0.1, -0.05) is 126 Å². The fourth-order valence-electron chi connectivity index (χ4n) is 4.49. The van der Waals surface area contributed by atoms with Crippen LogP contribution in [-0.4, -0.2) is 15.2 Å². The van der Waals surface area contributed by atoms with Crippen LogP contribution in [-0.2, 0) is 0 Å². The summed E-state index contributed by atoms with van der Waals surface area (Å²) < 4.78 is 0. The van der Waals surface area contributed by atoms with Gasteiger partial charge >= 0.3 is 0 Å².